The molecule has 0 saturated heterocycles. The molecule has 0 amide bonds. The van der Waals surface area contributed by atoms with Crippen molar-refractivity contribution >= 4 is 0 Å². The molecule has 3 nitrogen and oxygen atoms in total. The molecule has 0 radical (unpaired) electrons. The number of nitrogens with zero attached hydrogens (tertiary/aromatic N) is 1. The fraction of sp³-hybridized carbons (Fsp3) is 0.400. The van der Waals surface area contributed by atoms with Crippen LogP contribution in [-0.2, 0) is 19.2 Å². The zero-order valence-electron chi connectivity index (χ0n) is 15.2. The summed E-state index contributed by atoms with van der Waals surface area (Å²) in [4.78, 5) is 1.99. The highest BCUT2D eigenvalue weighted by atomic mass is 19.4. The van der Waals surface area contributed by atoms with Gasteiger partial charge in [-0.15, -0.1) is 0 Å². The van der Waals surface area contributed by atoms with Gasteiger partial charge >= 0.3 is 6.18 Å². The zero-order valence-corrected chi connectivity index (χ0v) is 15.2. The minimum absolute atomic E-state index is 0.253. The van der Waals surface area contributed by atoms with Crippen LogP contribution in [0, 0.1) is 0 Å². The second kappa shape index (κ2) is 8.56. The summed E-state index contributed by atoms with van der Waals surface area (Å²) in [5.74, 6) is 0.638. The normalized spacial score (nSPS) is 11.8. The number of rotatable bonds is 7. The number of aliphatic hydroxyl groups is 1. The van der Waals surface area contributed by atoms with Crippen LogP contribution in [0.25, 0.3) is 11.1 Å². The number of aliphatic hydroxyl groups excluding tert-OH is 1. The lowest BCUT2D eigenvalue weighted by molar-refractivity contribution is -0.137. The topological polar surface area (TPSA) is 32.7 Å². The van der Waals surface area contributed by atoms with Crippen molar-refractivity contribution < 1.29 is 23.0 Å². The first-order chi connectivity index (χ1) is 12.3. The van der Waals surface area contributed by atoms with E-state index in [9.17, 15) is 18.3 Å². The largest absolute Gasteiger partial charge is 0.492 e. The number of benzene rings is 2. The van der Waals surface area contributed by atoms with E-state index >= 15 is 0 Å². The number of alkyl halides is 3. The molecule has 0 aliphatic rings. The standard InChI is InChI=1S/C20H24F3NO2/c1-4-17-18(26-11-10-24(2)3)9-8-15(13-25)19(17)14-6-5-7-16(12-14)20(21,22)23/h5-9,12,25H,4,10-11,13H2,1-3H3. The number of likely N-dealkylation sites (N-methyl/N-ethyl adjacent to an activating group) is 1. The molecule has 0 aliphatic heterocycles. The van der Waals surface area contributed by atoms with Gasteiger partial charge in [0, 0.05) is 12.1 Å². The first-order valence-electron chi connectivity index (χ1n) is 8.48. The van der Waals surface area contributed by atoms with E-state index in [0.29, 0.717) is 35.5 Å². The number of hydrogen-bond donors (Lipinski definition) is 1. The molecule has 0 spiro atoms. The highest BCUT2D eigenvalue weighted by molar-refractivity contribution is 5.74. The Labute approximate surface area is 152 Å². The molecule has 6 heteroatoms. The van der Waals surface area contributed by atoms with E-state index in [2.05, 4.69) is 0 Å². The first-order valence-corrected chi connectivity index (χ1v) is 8.48. The van der Waals surface area contributed by atoms with Crippen molar-refractivity contribution in [3.63, 3.8) is 0 Å². The van der Waals surface area contributed by atoms with E-state index in [-0.39, 0.29) is 6.61 Å². The summed E-state index contributed by atoms with van der Waals surface area (Å²) in [7, 11) is 3.88. The molecular formula is C20H24F3NO2. The molecule has 2 aromatic carbocycles. The van der Waals surface area contributed by atoms with Crippen molar-refractivity contribution in [2.75, 3.05) is 27.2 Å². The Morgan fingerprint density at radius 3 is 2.42 bits per heavy atom. The molecule has 0 aromatic heterocycles. The van der Waals surface area contributed by atoms with Crippen molar-refractivity contribution in [2.24, 2.45) is 0 Å². The average Bonchev–Trinajstić information content (AvgIpc) is 2.60. The Bertz CT molecular complexity index is 742. The Hall–Kier alpha value is -2.05. The van der Waals surface area contributed by atoms with E-state index in [1.54, 1.807) is 18.2 Å². The summed E-state index contributed by atoms with van der Waals surface area (Å²) in [6.07, 6.45) is -3.84. The predicted octanol–water partition coefficient (Wildman–Crippen LogP) is 4.37. The summed E-state index contributed by atoms with van der Waals surface area (Å²) in [6.45, 7) is 2.87. The van der Waals surface area contributed by atoms with Crippen molar-refractivity contribution in [2.45, 2.75) is 26.1 Å². The van der Waals surface area contributed by atoms with Gasteiger partial charge in [0.1, 0.15) is 12.4 Å². The maximum Gasteiger partial charge on any atom is 0.416 e. The van der Waals surface area contributed by atoms with E-state index in [1.807, 2.05) is 25.9 Å². The van der Waals surface area contributed by atoms with Crippen molar-refractivity contribution in [1.29, 1.82) is 0 Å². The van der Waals surface area contributed by atoms with E-state index < -0.39 is 11.7 Å². The van der Waals surface area contributed by atoms with Gasteiger partial charge in [0.25, 0.3) is 0 Å². The lowest BCUT2D eigenvalue weighted by Crippen LogP contribution is -2.19. The lowest BCUT2D eigenvalue weighted by Gasteiger charge is -2.19. The van der Waals surface area contributed by atoms with Crippen molar-refractivity contribution in [3.05, 3.63) is 53.1 Å². The van der Waals surface area contributed by atoms with Gasteiger partial charge in [0.15, 0.2) is 0 Å². The Kier molecular flexibility index (Phi) is 6.67. The van der Waals surface area contributed by atoms with Gasteiger partial charge in [-0.2, -0.15) is 13.2 Å². The fourth-order valence-corrected chi connectivity index (χ4v) is 2.84. The van der Waals surface area contributed by atoms with Gasteiger partial charge < -0.3 is 14.7 Å². The minimum atomic E-state index is -4.42. The monoisotopic (exact) mass is 367 g/mol. The van der Waals surface area contributed by atoms with Gasteiger partial charge in [0.05, 0.1) is 12.2 Å². The van der Waals surface area contributed by atoms with Crippen LogP contribution in [-0.4, -0.2) is 37.3 Å². The number of ether oxygens (including phenoxy) is 1. The van der Waals surface area contributed by atoms with Crippen LogP contribution in [0.15, 0.2) is 36.4 Å². The second-order valence-corrected chi connectivity index (χ2v) is 6.32. The zero-order chi connectivity index (χ0) is 19.3. The van der Waals surface area contributed by atoms with Crippen LogP contribution in [0.4, 0.5) is 13.2 Å². The van der Waals surface area contributed by atoms with Crippen LogP contribution in [0.5, 0.6) is 5.75 Å². The SMILES string of the molecule is CCc1c(OCCN(C)C)ccc(CO)c1-c1cccc(C(F)(F)F)c1. The van der Waals surface area contributed by atoms with E-state index in [1.165, 1.54) is 6.07 Å². The van der Waals surface area contributed by atoms with Crippen LogP contribution in [0.2, 0.25) is 0 Å². The molecule has 2 rings (SSSR count). The summed E-state index contributed by atoms with van der Waals surface area (Å²) >= 11 is 0. The first kappa shape index (κ1) is 20.3. The van der Waals surface area contributed by atoms with Gasteiger partial charge in [-0.3, -0.25) is 0 Å². The molecule has 0 atom stereocenters. The predicted molar refractivity (Wildman–Crippen MR) is 96.2 cm³/mol. The molecule has 0 saturated carbocycles. The summed E-state index contributed by atoms with van der Waals surface area (Å²) in [6, 6.07) is 8.67. The molecule has 2 aromatic rings. The summed E-state index contributed by atoms with van der Waals surface area (Å²) in [5, 5.41) is 9.70. The van der Waals surface area contributed by atoms with Crippen molar-refractivity contribution in [3.8, 4) is 16.9 Å². The van der Waals surface area contributed by atoms with E-state index in [0.717, 1.165) is 24.2 Å². The van der Waals surface area contributed by atoms with Gasteiger partial charge in [0.2, 0.25) is 0 Å². The van der Waals surface area contributed by atoms with E-state index in [4.69, 9.17) is 4.74 Å². The fourth-order valence-electron chi connectivity index (χ4n) is 2.84. The molecule has 0 unspecified atom stereocenters. The van der Waals surface area contributed by atoms with Gasteiger partial charge in [-0.1, -0.05) is 25.1 Å². The highest BCUT2D eigenvalue weighted by Gasteiger charge is 2.30. The van der Waals surface area contributed by atoms with Crippen molar-refractivity contribution in [1.82, 2.24) is 4.90 Å². The number of halogens is 3. The smallest absolute Gasteiger partial charge is 0.416 e. The van der Waals surface area contributed by atoms with Crippen LogP contribution < -0.4 is 4.74 Å². The van der Waals surface area contributed by atoms with Crippen LogP contribution >= 0.6 is 0 Å². The maximum atomic E-state index is 13.1. The van der Waals surface area contributed by atoms with Crippen LogP contribution in [0.3, 0.4) is 0 Å². The third kappa shape index (κ3) is 4.77. The molecule has 142 valence electrons. The molecule has 0 bridgehead atoms. The quantitative estimate of drug-likeness (QED) is 0.789. The van der Waals surface area contributed by atoms with Gasteiger partial charge in [-0.25, -0.2) is 0 Å². The molecule has 26 heavy (non-hydrogen) atoms. The second-order valence-electron chi connectivity index (χ2n) is 6.32. The molecule has 1 N–H and O–H groups in total. The van der Waals surface area contributed by atoms with Gasteiger partial charge in [-0.05, 0) is 55.4 Å². The number of hydrogen-bond acceptors (Lipinski definition) is 3. The maximum absolute atomic E-state index is 13.1. The third-order valence-electron chi connectivity index (χ3n) is 4.15. The Morgan fingerprint density at radius 2 is 1.85 bits per heavy atom. The molecule has 0 aliphatic carbocycles. The average molecular weight is 367 g/mol. The molecule has 0 fully saturated rings. The summed E-state index contributed by atoms with van der Waals surface area (Å²) in [5.41, 5.74) is 1.72. The minimum Gasteiger partial charge on any atom is -0.492 e. The summed E-state index contributed by atoms with van der Waals surface area (Å²) < 4.78 is 45.1. The molecular weight excluding hydrogens is 343 g/mol. The Balaban J connectivity index is 2.52. The lowest BCUT2D eigenvalue weighted by atomic mass is 9.91. The third-order valence-corrected chi connectivity index (χ3v) is 4.15. The van der Waals surface area contributed by atoms with Crippen LogP contribution in [0.1, 0.15) is 23.6 Å². The Morgan fingerprint density at radius 1 is 1.12 bits per heavy atom. The highest BCUT2D eigenvalue weighted by Crippen LogP contribution is 2.38. The molecule has 0 heterocycles.